The van der Waals surface area contributed by atoms with E-state index in [9.17, 15) is 4.79 Å². The molecule has 0 spiro atoms. The molecule has 1 aromatic carbocycles. The highest BCUT2D eigenvalue weighted by Crippen LogP contribution is 2.26. The summed E-state index contributed by atoms with van der Waals surface area (Å²) < 4.78 is 5.16. The van der Waals surface area contributed by atoms with Crippen molar-refractivity contribution in [1.29, 1.82) is 0 Å². The number of aromatic nitrogens is 1. The SMILES string of the molecule is COc1ccc2[nH]c(CC(C)(C)C(=O)O)cc2c1. The summed E-state index contributed by atoms with van der Waals surface area (Å²) in [7, 11) is 1.63. The summed E-state index contributed by atoms with van der Waals surface area (Å²) in [5.41, 5.74) is 1.14. The molecule has 1 aromatic heterocycles. The average Bonchev–Trinajstić information content (AvgIpc) is 2.68. The van der Waals surface area contributed by atoms with Gasteiger partial charge in [0.25, 0.3) is 0 Å². The number of carboxylic acid groups (broad SMARTS) is 1. The van der Waals surface area contributed by atoms with Crippen LogP contribution in [0.1, 0.15) is 19.5 Å². The number of hydrogen-bond donors (Lipinski definition) is 2. The quantitative estimate of drug-likeness (QED) is 0.873. The Morgan fingerprint density at radius 2 is 2.11 bits per heavy atom. The molecular formula is C14H17NO3. The summed E-state index contributed by atoms with van der Waals surface area (Å²) in [4.78, 5) is 14.3. The fourth-order valence-corrected chi connectivity index (χ4v) is 1.94. The number of H-pyrrole nitrogens is 1. The first-order valence-electron chi connectivity index (χ1n) is 5.81. The number of aromatic amines is 1. The van der Waals surface area contributed by atoms with Crippen LogP contribution in [0.2, 0.25) is 0 Å². The molecule has 96 valence electrons. The van der Waals surface area contributed by atoms with Crippen LogP contribution in [0.4, 0.5) is 0 Å². The molecule has 0 bridgehead atoms. The van der Waals surface area contributed by atoms with Gasteiger partial charge in [0, 0.05) is 23.0 Å². The van der Waals surface area contributed by atoms with Gasteiger partial charge in [-0.25, -0.2) is 0 Å². The van der Waals surface area contributed by atoms with E-state index in [4.69, 9.17) is 9.84 Å². The van der Waals surface area contributed by atoms with Crippen molar-refractivity contribution in [3.8, 4) is 5.75 Å². The first kappa shape index (κ1) is 12.5. The number of carboxylic acids is 1. The molecule has 0 saturated carbocycles. The van der Waals surface area contributed by atoms with Crippen LogP contribution < -0.4 is 4.74 Å². The molecule has 0 amide bonds. The molecule has 18 heavy (non-hydrogen) atoms. The zero-order chi connectivity index (χ0) is 13.3. The molecule has 2 aromatic rings. The highest BCUT2D eigenvalue weighted by Gasteiger charge is 2.28. The summed E-state index contributed by atoms with van der Waals surface area (Å²) in [5.74, 6) is 0.00396. The largest absolute Gasteiger partial charge is 0.497 e. The monoisotopic (exact) mass is 247 g/mol. The molecule has 0 aliphatic carbocycles. The van der Waals surface area contributed by atoms with Crippen molar-refractivity contribution in [2.24, 2.45) is 5.41 Å². The molecular weight excluding hydrogens is 230 g/mol. The Morgan fingerprint density at radius 1 is 1.39 bits per heavy atom. The summed E-state index contributed by atoms with van der Waals surface area (Å²) in [6.07, 6.45) is 0.472. The maximum absolute atomic E-state index is 11.1. The van der Waals surface area contributed by atoms with Crippen molar-refractivity contribution in [3.05, 3.63) is 30.0 Å². The van der Waals surface area contributed by atoms with Gasteiger partial charge in [0.15, 0.2) is 0 Å². The van der Waals surface area contributed by atoms with E-state index in [0.717, 1.165) is 22.3 Å². The van der Waals surface area contributed by atoms with E-state index in [2.05, 4.69) is 4.98 Å². The standard InChI is InChI=1S/C14H17NO3/c1-14(2,13(16)17)8-10-6-9-7-11(18-3)4-5-12(9)15-10/h4-7,15H,8H2,1-3H3,(H,16,17). The molecule has 0 aliphatic rings. The molecule has 4 nitrogen and oxygen atoms in total. The molecule has 0 radical (unpaired) electrons. The van der Waals surface area contributed by atoms with Crippen LogP contribution in [0.3, 0.4) is 0 Å². The van der Waals surface area contributed by atoms with Crippen LogP contribution in [-0.4, -0.2) is 23.2 Å². The smallest absolute Gasteiger partial charge is 0.309 e. The van der Waals surface area contributed by atoms with E-state index in [1.54, 1.807) is 21.0 Å². The van der Waals surface area contributed by atoms with Crippen molar-refractivity contribution < 1.29 is 14.6 Å². The Bertz CT molecular complexity index is 584. The lowest BCUT2D eigenvalue weighted by Crippen LogP contribution is -2.26. The second-order valence-electron chi connectivity index (χ2n) is 5.11. The molecule has 2 rings (SSSR count). The first-order valence-corrected chi connectivity index (χ1v) is 5.81. The van der Waals surface area contributed by atoms with Gasteiger partial charge in [-0.05, 0) is 38.1 Å². The van der Waals surface area contributed by atoms with E-state index in [1.807, 2.05) is 24.3 Å². The van der Waals surface area contributed by atoms with Gasteiger partial charge in [0.05, 0.1) is 12.5 Å². The van der Waals surface area contributed by atoms with Crippen molar-refractivity contribution in [3.63, 3.8) is 0 Å². The molecule has 2 N–H and O–H groups in total. The Hall–Kier alpha value is -1.97. The number of ether oxygens (including phenoxy) is 1. The zero-order valence-corrected chi connectivity index (χ0v) is 10.8. The van der Waals surface area contributed by atoms with E-state index in [1.165, 1.54) is 0 Å². The molecule has 0 fully saturated rings. The fourth-order valence-electron chi connectivity index (χ4n) is 1.94. The average molecular weight is 247 g/mol. The molecule has 0 saturated heterocycles. The molecule has 0 atom stereocenters. The van der Waals surface area contributed by atoms with E-state index in [0.29, 0.717) is 6.42 Å². The highest BCUT2D eigenvalue weighted by molar-refractivity contribution is 5.82. The van der Waals surface area contributed by atoms with Crippen molar-refractivity contribution in [2.75, 3.05) is 7.11 Å². The number of nitrogens with one attached hydrogen (secondary N) is 1. The molecule has 0 unspecified atom stereocenters. The minimum atomic E-state index is -0.793. The summed E-state index contributed by atoms with van der Waals surface area (Å²) in [5, 5.41) is 10.2. The number of methoxy groups -OCH3 is 1. The first-order chi connectivity index (χ1) is 8.42. The zero-order valence-electron chi connectivity index (χ0n) is 10.8. The lowest BCUT2D eigenvalue weighted by molar-refractivity contribution is -0.146. The maximum Gasteiger partial charge on any atom is 0.309 e. The van der Waals surface area contributed by atoms with Gasteiger partial charge >= 0.3 is 5.97 Å². The fraction of sp³-hybridized carbons (Fsp3) is 0.357. The highest BCUT2D eigenvalue weighted by atomic mass is 16.5. The third kappa shape index (κ3) is 2.32. The predicted molar refractivity (Wildman–Crippen MR) is 70.0 cm³/mol. The van der Waals surface area contributed by atoms with Gasteiger partial charge in [0.2, 0.25) is 0 Å². The number of aliphatic carboxylic acids is 1. The molecule has 1 heterocycles. The maximum atomic E-state index is 11.1. The number of rotatable bonds is 4. The summed E-state index contributed by atoms with van der Waals surface area (Å²) >= 11 is 0. The lowest BCUT2D eigenvalue weighted by atomic mass is 9.88. The normalized spacial score (nSPS) is 11.7. The van der Waals surface area contributed by atoms with Gasteiger partial charge in [-0.2, -0.15) is 0 Å². The van der Waals surface area contributed by atoms with Crippen LogP contribution in [0.25, 0.3) is 10.9 Å². The third-order valence-electron chi connectivity index (χ3n) is 3.10. The van der Waals surface area contributed by atoms with Gasteiger partial charge < -0.3 is 14.8 Å². The van der Waals surface area contributed by atoms with Crippen LogP contribution in [0.15, 0.2) is 24.3 Å². The van der Waals surface area contributed by atoms with Crippen LogP contribution in [0, 0.1) is 5.41 Å². The Balaban J connectivity index is 2.33. The van der Waals surface area contributed by atoms with Crippen LogP contribution in [0.5, 0.6) is 5.75 Å². The van der Waals surface area contributed by atoms with Crippen LogP contribution in [-0.2, 0) is 11.2 Å². The number of fused-ring (bicyclic) bond motifs is 1. The van der Waals surface area contributed by atoms with Gasteiger partial charge in [-0.15, -0.1) is 0 Å². The van der Waals surface area contributed by atoms with E-state index in [-0.39, 0.29) is 0 Å². The van der Waals surface area contributed by atoms with Crippen molar-refractivity contribution >= 4 is 16.9 Å². The number of benzene rings is 1. The third-order valence-corrected chi connectivity index (χ3v) is 3.10. The Kier molecular flexibility index (Phi) is 3.03. The minimum absolute atomic E-state index is 0.472. The molecule has 0 aliphatic heterocycles. The van der Waals surface area contributed by atoms with Crippen LogP contribution >= 0.6 is 0 Å². The van der Waals surface area contributed by atoms with Crippen molar-refractivity contribution in [1.82, 2.24) is 4.98 Å². The lowest BCUT2D eigenvalue weighted by Gasteiger charge is -2.17. The summed E-state index contributed by atoms with van der Waals surface area (Å²) in [6, 6.07) is 7.72. The number of hydrogen-bond acceptors (Lipinski definition) is 2. The van der Waals surface area contributed by atoms with Gasteiger partial charge in [-0.1, -0.05) is 0 Å². The summed E-state index contributed by atoms with van der Waals surface area (Å²) in [6.45, 7) is 3.45. The van der Waals surface area contributed by atoms with E-state index < -0.39 is 11.4 Å². The topological polar surface area (TPSA) is 62.3 Å². The van der Waals surface area contributed by atoms with Crippen molar-refractivity contribution in [2.45, 2.75) is 20.3 Å². The Labute approximate surface area is 106 Å². The van der Waals surface area contributed by atoms with E-state index >= 15 is 0 Å². The number of carbonyl (C=O) groups is 1. The minimum Gasteiger partial charge on any atom is -0.497 e. The van der Waals surface area contributed by atoms with Gasteiger partial charge in [0.1, 0.15) is 5.75 Å². The molecule has 4 heteroatoms. The predicted octanol–water partition coefficient (Wildman–Crippen LogP) is 2.83. The van der Waals surface area contributed by atoms with Gasteiger partial charge in [-0.3, -0.25) is 4.79 Å². The Morgan fingerprint density at radius 3 is 2.72 bits per heavy atom. The second-order valence-corrected chi connectivity index (χ2v) is 5.11. The second kappa shape index (κ2) is 4.37.